The van der Waals surface area contributed by atoms with E-state index in [1.807, 2.05) is 0 Å². The van der Waals surface area contributed by atoms with Crippen LogP contribution in [0.25, 0.3) is 11.3 Å². The number of nitrogens with zero attached hydrogens (tertiary/aromatic N) is 1. The second kappa shape index (κ2) is 5.77. The number of carboxylic acid groups (broad SMARTS) is 1. The van der Waals surface area contributed by atoms with Crippen molar-refractivity contribution in [2.45, 2.75) is 25.4 Å². The van der Waals surface area contributed by atoms with Crippen molar-refractivity contribution in [1.82, 2.24) is 5.16 Å². The second-order valence-electron chi connectivity index (χ2n) is 5.15. The third kappa shape index (κ3) is 3.36. The molecule has 3 rings (SSSR count). The molecule has 21 heavy (non-hydrogen) atoms. The van der Waals surface area contributed by atoms with Gasteiger partial charge in [0.05, 0.1) is 0 Å². The molecule has 0 bridgehead atoms. The molecule has 2 aromatic rings. The van der Waals surface area contributed by atoms with Crippen LogP contribution in [0.2, 0.25) is 5.02 Å². The molecule has 6 heteroatoms. The molecule has 1 aliphatic carbocycles. The lowest BCUT2D eigenvalue weighted by Gasteiger charge is -2.17. The zero-order valence-corrected chi connectivity index (χ0v) is 11.9. The summed E-state index contributed by atoms with van der Waals surface area (Å²) in [5.41, 5.74) is 1.18. The van der Waals surface area contributed by atoms with Gasteiger partial charge in [0.1, 0.15) is 17.7 Å². The quantitative estimate of drug-likeness (QED) is 0.882. The van der Waals surface area contributed by atoms with Crippen LogP contribution in [0, 0.1) is 5.92 Å². The van der Waals surface area contributed by atoms with Gasteiger partial charge in [0, 0.05) is 16.7 Å². The van der Waals surface area contributed by atoms with E-state index in [4.69, 9.17) is 20.9 Å². The van der Waals surface area contributed by atoms with E-state index in [0.717, 1.165) is 12.8 Å². The Labute approximate surface area is 126 Å². The van der Waals surface area contributed by atoms with Crippen molar-refractivity contribution in [1.29, 1.82) is 0 Å². The Morgan fingerprint density at radius 3 is 2.90 bits per heavy atom. The summed E-state index contributed by atoms with van der Waals surface area (Å²) in [7, 11) is 0. The maximum Gasteiger partial charge on any atom is 0.344 e. The van der Waals surface area contributed by atoms with E-state index >= 15 is 0 Å². The average molecular weight is 308 g/mol. The van der Waals surface area contributed by atoms with Gasteiger partial charge in [-0.25, -0.2) is 4.79 Å². The fourth-order valence-corrected chi connectivity index (χ4v) is 2.34. The normalized spacial score (nSPS) is 15.7. The van der Waals surface area contributed by atoms with Gasteiger partial charge >= 0.3 is 5.97 Å². The van der Waals surface area contributed by atoms with Crippen LogP contribution in [0.4, 0.5) is 0 Å². The monoisotopic (exact) mass is 307 g/mol. The largest absolute Gasteiger partial charge is 0.479 e. The van der Waals surface area contributed by atoms with Crippen LogP contribution in [0.15, 0.2) is 35.1 Å². The zero-order chi connectivity index (χ0) is 14.8. The molecule has 0 unspecified atom stereocenters. The maximum absolute atomic E-state index is 11.3. The lowest BCUT2D eigenvalue weighted by atomic mass is 10.1. The van der Waals surface area contributed by atoms with Gasteiger partial charge in [-0.3, -0.25) is 0 Å². The van der Waals surface area contributed by atoms with E-state index in [1.54, 1.807) is 24.3 Å². The molecule has 1 atom stereocenters. The van der Waals surface area contributed by atoms with Crippen LogP contribution in [0.1, 0.15) is 19.3 Å². The van der Waals surface area contributed by atoms with Crippen LogP contribution in [-0.4, -0.2) is 22.3 Å². The molecule has 110 valence electrons. The van der Waals surface area contributed by atoms with Crippen molar-refractivity contribution < 1.29 is 19.2 Å². The number of aromatic nitrogens is 1. The predicted octanol–water partition coefficient (Wildman–Crippen LogP) is 3.63. The van der Waals surface area contributed by atoms with Gasteiger partial charge in [0.2, 0.25) is 0 Å². The molecule has 1 saturated carbocycles. The number of rotatable bonds is 6. The van der Waals surface area contributed by atoms with Gasteiger partial charge in [-0.2, -0.15) is 0 Å². The van der Waals surface area contributed by atoms with Crippen molar-refractivity contribution in [3.05, 3.63) is 35.6 Å². The SMILES string of the molecule is O=C(O)[C@H](CC1CC1)Oc1ccc(Cl)cc1-c1ccon1. The lowest BCUT2D eigenvalue weighted by Crippen LogP contribution is -2.27. The summed E-state index contributed by atoms with van der Waals surface area (Å²) in [6, 6.07) is 6.69. The molecule has 1 fully saturated rings. The van der Waals surface area contributed by atoms with Crippen molar-refractivity contribution in [3.8, 4) is 17.0 Å². The second-order valence-corrected chi connectivity index (χ2v) is 5.59. The first kappa shape index (κ1) is 13.9. The number of ether oxygens (including phenoxy) is 1. The number of benzene rings is 1. The summed E-state index contributed by atoms with van der Waals surface area (Å²) in [4.78, 5) is 11.3. The van der Waals surface area contributed by atoms with E-state index in [2.05, 4.69) is 5.16 Å². The lowest BCUT2D eigenvalue weighted by molar-refractivity contribution is -0.145. The first-order valence-electron chi connectivity index (χ1n) is 6.73. The number of halogens is 1. The van der Waals surface area contributed by atoms with Crippen molar-refractivity contribution in [2.24, 2.45) is 5.92 Å². The Morgan fingerprint density at radius 1 is 1.48 bits per heavy atom. The molecule has 1 heterocycles. The van der Waals surface area contributed by atoms with E-state index in [0.29, 0.717) is 34.4 Å². The Balaban J connectivity index is 1.88. The summed E-state index contributed by atoms with van der Waals surface area (Å²) in [6.45, 7) is 0. The van der Waals surface area contributed by atoms with E-state index in [-0.39, 0.29) is 0 Å². The van der Waals surface area contributed by atoms with Crippen LogP contribution >= 0.6 is 11.6 Å². The Kier molecular flexibility index (Phi) is 3.84. The smallest absolute Gasteiger partial charge is 0.344 e. The fourth-order valence-electron chi connectivity index (χ4n) is 2.17. The van der Waals surface area contributed by atoms with Gasteiger partial charge < -0.3 is 14.4 Å². The van der Waals surface area contributed by atoms with E-state index in [1.165, 1.54) is 6.26 Å². The highest BCUT2D eigenvalue weighted by Crippen LogP contribution is 2.37. The highest BCUT2D eigenvalue weighted by Gasteiger charge is 2.31. The Bertz CT molecular complexity index is 637. The van der Waals surface area contributed by atoms with Gasteiger partial charge in [-0.05, 0) is 30.5 Å². The molecule has 1 aromatic carbocycles. The van der Waals surface area contributed by atoms with Gasteiger partial charge in [0.15, 0.2) is 6.10 Å². The average Bonchev–Trinajstić information content (AvgIpc) is 3.10. The molecule has 5 nitrogen and oxygen atoms in total. The van der Waals surface area contributed by atoms with Crippen molar-refractivity contribution >= 4 is 17.6 Å². The van der Waals surface area contributed by atoms with E-state index < -0.39 is 12.1 Å². The van der Waals surface area contributed by atoms with E-state index in [9.17, 15) is 9.90 Å². The molecule has 1 aromatic heterocycles. The maximum atomic E-state index is 11.3. The number of carboxylic acids is 1. The summed E-state index contributed by atoms with van der Waals surface area (Å²) in [6.07, 6.45) is 3.26. The van der Waals surface area contributed by atoms with Crippen LogP contribution in [0.5, 0.6) is 5.75 Å². The van der Waals surface area contributed by atoms with Gasteiger partial charge in [0.25, 0.3) is 0 Å². The van der Waals surface area contributed by atoms with Crippen molar-refractivity contribution in [2.75, 3.05) is 0 Å². The fraction of sp³-hybridized carbons (Fsp3) is 0.333. The number of hydrogen-bond acceptors (Lipinski definition) is 4. The molecule has 0 amide bonds. The summed E-state index contributed by atoms with van der Waals surface area (Å²) >= 11 is 6.00. The third-order valence-electron chi connectivity index (χ3n) is 3.44. The molecule has 0 radical (unpaired) electrons. The summed E-state index contributed by atoms with van der Waals surface area (Å²) < 4.78 is 10.5. The summed E-state index contributed by atoms with van der Waals surface area (Å²) in [5, 5.41) is 13.7. The van der Waals surface area contributed by atoms with Gasteiger partial charge in [-0.15, -0.1) is 0 Å². The Hall–Kier alpha value is -2.01. The molecule has 0 aliphatic heterocycles. The minimum atomic E-state index is -0.956. The number of carbonyl (C=O) groups is 1. The third-order valence-corrected chi connectivity index (χ3v) is 3.68. The van der Waals surface area contributed by atoms with Crippen LogP contribution < -0.4 is 4.74 Å². The molecule has 0 spiro atoms. The standard InChI is InChI=1S/C15H14ClNO4/c16-10-3-4-13(11(8-10)12-5-6-20-17-12)21-14(15(18)19)7-9-1-2-9/h3-6,8-9,14H,1-2,7H2,(H,18,19)/t14-/m0/s1. The number of aliphatic carboxylic acids is 1. The van der Waals surface area contributed by atoms with Gasteiger partial charge in [-0.1, -0.05) is 29.6 Å². The topological polar surface area (TPSA) is 72.6 Å². The highest BCUT2D eigenvalue weighted by molar-refractivity contribution is 6.30. The van der Waals surface area contributed by atoms with Crippen molar-refractivity contribution in [3.63, 3.8) is 0 Å². The minimum absolute atomic E-state index is 0.446. The molecule has 1 N–H and O–H groups in total. The molecular formula is C15H14ClNO4. The zero-order valence-electron chi connectivity index (χ0n) is 11.2. The predicted molar refractivity (Wildman–Crippen MR) is 76.3 cm³/mol. The first-order chi connectivity index (χ1) is 10.1. The van der Waals surface area contributed by atoms with Crippen LogP contribution in [0.3, 0.4) is 0 Å². The molecule has 0 saturated heterocycles. The first-order valence-corrected chi connectivity index (χ1v) is 7.11. The minimum Gasteiger partial charge on any atom is -0.479 e. The molecular weight excluding hydrogens is 294 g/mol. The Morgan fingerprint density at radius 2 is 2.29 bits per heavy atom. The van der Waals surface area contributed by atoms with Crippen LogP contribution in [-0.2, 0) is 4.79 Å². The highest BCUT2D eigenvalue weighted by atomic mass is 35.5. The molecule has 1 aliphatic rings. The number of hydrogen-bond donors (Lipinski definition) is 1. The summed E-state index contributed by atoms with van der Waals surface area (Å²) in [5.74, 6) is -0.0572.